The number of carbonyl (C=O) groups excluding carboxylic acids is 1. The molecule has 0 aliphatic rings. The molecule has 0 heterocycles. The molecular weight excluding hydrogens is 186 g/mol. The summed E-state index contributed by atoms with van der Waals surface area (Å²) in [7, 11) is 0. The first-order valence-electron chi connectivity index (χ1n) is 2.43. The molecule has 68 valence electrons. The zero-order valence-corrected chi connectivity index (χ0v) is 6.08. The number of alkyl halides is 3. The summed E-state index contributed by atoms with van der Waals surface area (Å²) in [5, 5.41) is 9.61. The van der Waals surface area contributed by atoms with Gasteiger partial charge >= 0.3 is 6.18 Å². The summed E-state index contributed by atoms with van der Waals surface area (Å²) in [6.07, 6.45) is -5.62. The van der Waals surface area contributed by atoms with E-state index in [9.17, 15) is 23.1 Å². The molecule has 0 amide bonds. The first kappa shape index (κ1) is 13.1. The highest BCUT2D eigenvalue weighted by atomic mass is 35.5. The van der Waals surface area contributed by atoms with E-state index in [2.05, 4.69) is 5.73 Å². The minimum atomic E-state index is -4.54. The highest BCUT2D eigenvalue weighted by Crippen LogP contribution is 2.18. The molecule has 1 atom stereocenters. The Morgan fingerprint density at radius 3 is 2.00 bits per heavy atom. The van der Waals surface area contributed by atoms with Gasteiger partial charge in [-0.05, 0) is 0 Å². The lowest BCUT2D eigenvalue weighted by Gasteiger charge is -2.11. The minimum absolute atomic E-state index is 0. The summed E-state index contributed by atoms with van der Waals surface area (Å²) in [4.78, 5) is 9.61. The highest BCUT2D eigenvalue weighted by Gasteiger charge is 2.40. The van der Waals surface area contributed by atoms with E-state index in [4.69, 9.17) is 0 Å². The van der Waals surface area contributed by atoms with Crippen molar-refractivity contribution in [1.82, 2.24) is 0 Å². The van der Waals surface area contributed by atoms with Crippen LogP contribution in [0.5, 0.6) is 0 Å². The van der Waals surface area contributed by atoms with Crippen LogP contribution in [0.15, 0.2) is 0 Å². The number of halogens is 4. The fourth-order valence-corrected chi connectivity index (χ4v) is 0.317. The average Bonchev–Trinajstić information content (AvgIpc) is 1.60. The van der Waals surface area contributed by atoms with E-state index >= 15 is 0 Å². The fourth-order valence-electron chi connectivity index (χ4n) is 0.317. The molecule has 0 aromatic rings. The lowest BCUT2D eigenvalue weighted by Crippen LogP contribution is -3.00. The van der Waals surface area contributed by atoms with E-state index in [1.807, 2.05) is 0 Å². The summed E-state index contributed by atoms with van der Waals surface area (Å²) in [5.74, 6) is -1.74. The Morgan fingerprint density at radius 2 is 1.91 bits per heavy atom. The Bertz CT molecular complexity index is 138. The van der Waals surface area contributed by atoms with Crippen LogP contribution in [0.2, 0.25) is 0 Å². The molecule has 0 rings (SSSR count). The van der Waals surface area contributed by atoms with Gasteiger partial charge in [0.2, 0.25) is 0 Å². The molecule has 1 unspecified atom stereocenters. The normalized spacial score (nSPS) is 13.5. The minimum Gasteiger partial charge on any atom is -1.00 e. The van der Waals surface area contributed by atoms with Gasteiger partial charge in [0.25, 0.3) is 0 Å². The van der Waals surface area contributed by atoms with E-state index in [1.165, 1.54) is 0 Å². The van der Waals surface area contributed by atoms with E-state index in [0.29, 0.717) is 0 Å². The maximum absolute atomic E-state index is 11.5. The van der Waals surface area contributed by atoms with Crippen molar-refractivity contribution in [3.05, 3.63) is 0 Å². The molecule has 11 heavy (non-hydrogen) atoms. The molecule has 7 heteroatoms. The van der Waals surface area contributed by atoms with E-state index in [-0.39, 0.29) is 12.4 Å². The molecule has 0 spiro atoms. The van der Waals surface area contributed by atoms with Gasteiger partial charge in [0, 0.05) is 12.4 Å². The third kappa shape index (κ3) is 5.93. The van der Waals surface area contributed by atoms with E-state index in [1.54, 1.807) is 0 Å². The maximum Gasteiger partial charge on any atom is 0.441 e. The van der Waals surface area contributed by atoms with Crippen LogP contribution in [0.3, 0.4) is 0 Å². The van der Waals surface area contributed by atoms with Crippen molar-refractivity contribution < 1.29 is 41.2 Å². The molecule has 3 N–H and O–H groups in total. The van der Waals surface area contributed by atoms with Gasteiger partial charge in [0.15, 0.2) is 6.04 Å². The van der Waals surface area contributed by atoms with Crippen LogP contribution < -0.4 is 23.2 Å². The Morgan fingerprint density at radius 1 is 1.55 bits per heavy atom. The smallest absolute Gasteiger partial charge is 0.441 e. The first-order valence-corrected chi connectivity index (χ1v) is 2.43. The second-order valence-corrected chi connectivity index (χ2v) is 1.81. The van der Waals surface area contributed by atoms with Gasteiger partial charge < -0.3 is 28.0 Å². The molecule has 0 radical (unpaired) electrons. The number of aliphatic carboxylic acids is 1. The molecule has 3 nitrogen and oxygen atoms in total. The van der Waals surface area contributed by atoms with Crippen LogP contribution in [-0.4, -0.2) is 18.2 Å². The van der Waals surface area contributed by atoms with Gasteiger partial charge in [-0.15, -0.1) is 0 Å². The summed E-state index contributed by atoms with van der Waals surface area (Å²) in [5.41, 5.74) is 2.60. The molecule has 0 saturated carbocycles. The number of carboxylic acids is 1. The molecule has 0 aliphatic heterocycles. The molecule has 0 aliphatic carbocycles. The van der Waals surface area contributed by atoms with Crippen molar-refractivity contribution in [1.29, 1.82) is 0 Å². The molecule has 0 aromatic heterocycles. The fraction of sp³-hybridized carbons (Fsp3) is 0.750. The lowest BCUT2D eigenvalue weighted by atomic mass is 10.2. The largest absolute Gasteiger partial charge is 1.00 e. The number of carbonyl (C=O) groups is 1. The summed E-state index contributed by atoms with van der Waals surface area (Å²) in [6.45, 7) is 0. The second-order valence-electron chi connectivity index (χ2n) is 1.81. The maximum atomic E-state index is 11.5. The monoisotopic (exact) mass is 192 g/mol. The van der Waals surface area contributed by atoms with Gasteiger partial charge in [-0.25, -0.2) is 0 Å². The molecular formula is C4H6ClF3NO2-. The predicted molar refractivity (Wildman–Crippen MR) is 22.4 cm³/mol. The SMILES string of the molecule is [Cl-].[NH3+]C(CC(=O)[O-])C(F)(F)F. The van der Waals surface area contributed by atoms with Crippen LogP contribution in [0.4, 0.5) is 13.2 Å². The van der Waals surface area contributed by atoms with Gasteiger partial charge in [-0.1, -0.05) is 0 Å². The van der Waals surface area contributed by atoms with Crippen LogP contribution in [-0.2, 0) is 4.79 Å². The summed E-state index contributed by atoms with van der Waals surface area (Å²) in [6, 6.07) is -2.07. The van der Waals surface area contributed by atoms with Gasteiger partial charge in [-0.3, -0.25) is 0 Å². The average molecular weight is 193 g/mol. The quantitative estimate of drug-likeness (QED) is 0.478. The Labute approximate surface area is 66.8 Å². The van der Waals surface area contributed by atoms with E-state index in [0.717, 1.165) is 0 Å². The lowest BCUT2D eigenvalue weighted by molar-refractivity contribution is -0.482. The number of hydrogen-bond acceptors (Lipinski definition) is 2. The third-order valence-electron chi connectivity index (χ3n) is 0.876. The van der Waals surface area contributed by atoms with Crippen molar-refractivity contribution in [2.24, 2.45) is 0 Å². The third-order valence-corrected chi connectivity index (χ3v) is 0.876. The Kier molecular flexibility index (Phi) is 5.25. The molecule has 0 saturated heterocycles. The molecule has 0 aromatic carbocycles. The molecule has 0 bridgehead atoms. The van der Waals surface area contributed by atoms with Crippen molar-refractivity contribution >= 4 is 5.97 Å². The zero-order valence-electron chi connectivity index (χ0n) is 5.32. The zero-order chi connectivity index (χ0) is 8.36. The first-order chi connectivity index (χ1) is 4.34. The molecule has 0 fully saturated rings. The van der Waals surface area contributed by atoms with Crippen LogP contribution in [0, 0.1) is 0 Å². The number of quaternary nitrogens is 1. The summed E-state index contributed by atoms with van der Waals surface area (Å²) >= 11 is 0. The van der Waals surface area contributed by atoms with Gasteiger partial charge in [0.1, 0.15) is 0 Å². The second kappa shape index (κ2) is 4.40. The number of carboxylic acid groups (broad SMARTS) is 1. The van der Waals surface area contributed by atoms with Gasteiger partial charge in [-0.2, -0.15) is 13.2 Å². The van der Waals surface area contributed by atoms with Crippen molar-refractivity contribution in [2.45, 2.75) is 18.6 Å². The number of hydrogen-bond donors (Lipinski definition) is 1. The Hall–Kier alpha value is -0.490. The number of rotatable bonds is 2. The Balaban J connectivity index is 0. The summed E-state index contributed by atoms with van der Waals surface area (Å²) < 4.78 is 34.4. The van der Waals surface area contributed by atoms with Crippen molar-refractivity contribution in [3.63, 3.8) is 0 Å². The topological polar surface area (TPSA) is 67.8 Å². The van der Waals surface area contributed by atoms with Gasteiger partial charge in [0.05, 0.1) is 0 Å². The standard InChI is InChI=1S/C4H6F3NO2.ClH/c5-4(6,7)2(8)1-3(9)10;/h2H,1,8H2,(H,9,10);1H/p-1. The van der Waals surface area contributed by atoms with Crippen molar-refractivity contribution in [2.75, 3.05) is 0 Å². The van der Waals surface area contributed by atoms with Crippen LogP contribution in [0.25, 0.3) is 0 Å². The van der Waals surface area contributed by atoms with Crippen LogP contribution in [0.1, 0.15) is 6.42 Å². The van der Waals surface area contributed by atoms with E-state index < -0.39 is 24.6 Å². The van der Waals surface area contributed by atoms with Crippen molar-refractivity contribution in [3.8, 4) is 0 Å². The highest BCUT2D eigenvalue weighted by molar-refractivity contribution is 5.64. The predicted octanol–water partition coefficient (Wildman–Crippen LogP) is -4.70. The van der Waals surface area contributed by atoms with Crippen LogP contribution >= 0.6 is 0 Å².